The largest absolute Gasteiger partial charge is 0.337 e. The van der Waals surface area contributed by atoms with E-state index in [4.69, 9.17) is 0 Å². The number of aromatic nitrogens is 2. The standard InChI is InChI=1S/C20H22N4O2/c25-19(9-15-3-1-7-21-10-15)24-13-16-5-6-18(24)14-23(12-16)20(26)17-4-2-8-22-11-17/h1-4,7-8,10-11,16,18H,5-6,9,12-14H2/t16-,18+/m1/s1. The summed E-state index contributed by atoms with van der Waals surface area (Å²) in [6.07, 6.45) is 9.13. The number of amides is 2. The van der Waals surface area contributed by atoms with E-state index in [0.29, 0.717) is 31.0 Å². The normalized spacial score (nSPS) is 22.2. The minimum Gasteiger partial charge on any atom is -0.337 e. The van der Waals surface area contributed by atoms with Gasteiger partial charge in [-0.2, -0.15) is 0 Å². The molecule has 0 N–H and O–H groups in total. The number of fused-ring (bicyclic) bond motifs is 4. The molecule has 0 radical (unpaired) electrons. The molecule has 0 aromatic carbocycles. The highest BCUT2D eigenvalue weighted by Gasteiger charge is 2.38. The summed E-state index contributed by atoms with van der Waals surface area (Å²) in [6, 6.07) is 7.46. The number of hydrogen-bond acceptors (Lipinski definition) is 4. The van der Waals surface area contributed by atoms with E-state index >= 15 is 0 Å². The number of pyridine rings is 2. The smallest absolute Gasteiger partial charge is 0.255 e. The quantitative estimate of drug-likeness (QED) is 0.846. The molecule has 0 saturated carbocycles. The first kappa shape index (κ1) is 16.7. The molecule has 2 atom stereocenters. The Hall–Kier alpha value is -2.76. The highest BCUT2D eigenvalue weighted by atomic mass is 16.2. The lowest BCUT2D eigenvalue weighted by atomic mass is 9.94. The van der Waals surface area contributed by atoms with E-state index in [0.717, 1.165) is 24.9 Å². The SMILES string of the molecule is O=C(c1cccnc1)N1C[C@H]2CC[C@@H](C1)N(C(=O)Cc1cccnc1)C2. The molecule has 0 spiro atoms. The first-order valence-electron chi connectivity index (χ1n) is 9.08. The van der Waals surface area contributed by atoms with Gasteiger partial charge in [-0.15, -0.1) is 0 Å². The zero-order chi connectivity index (χ0) is 17.9. The maximum absolute atomic E-state index is 12.8. The predicted octanol–water partition coefficient (Wildman–Crippen LogP) is 1.78. The van der Waals surface area contributed by atoms with Gasteiger partial charge in [0, 0.05) is 50.5 Å². The van der Waals surface area contributed by atoms with Crippen molar-refractivity contribution in [3.8, 4) is 0 Å². The maximum atomic E-state index is 12.8. The van der Waals surface area contributed by atoms with Crippen LogP contribution in [-0.2, 0) is 11.2 Å². The van der Waals surface area contributed by atoms with Crippen LogP contribution in [0, 0.1) is 5.92 Å². The third kappa shape index (κ3) is 3.45. The first-order valence-corrected chi connectivity index (χ1v) is 9.08. The van der Waals surface area contributed by atoms with E-state index < -0.39 is 0 Å². The van der Waals surface area contributed by atoms with Crippen molar-refractivity contribution in [2.75, 3.05) is 19.6 Å². The molecule has 3 aliphatic rings. The van der Waals surface area contributed by atoms with E-state index in [2.05, 4.69) is 9.97 Å². The van der Waals surface area contributed by atoms with Gasteiger partial charge in [0.15, 0.2) is 0 Å². The molecule has 3 saturated heterocycles. The van der Waals surface area contributed by atoms with Crippen LogP contribution in [0.3, 0.4) is 0 Å². The van der Waals surface area contributed by atoms with Gasteiger partial charge in [-0.3, -0.25) is 19.6 Å². The van der Waals surface area contributed by atoms with Crippen LogP contribution in [0.15, 0.2) is 49.1 Å². The predicted molar refractivity (Wildman–Crippen MR) is 96.3 cm³/mol. The van der Waals surface area contributed by atoms with Gasteiger partial charge in [0.25, 0.3) is 5.91 Å². The van der Waals surface area contributed by atoms with Crippen LogP contribution in [-0.4, -0.2) is 57.3 Å². The van der Waals surface area contributed by atoms with Gasteiger partial charge in [0.05, 0.1) is 12.0 Å². The van der Waals surface area contributed by atoms with E-state index in [9.17, 15) is 9.59 Å². The van der Waals surface area contributed by atoms with Gasteiger partial charge in [0.1, 0.15) is 0 Å². The molecule has 6 heteroatoms. The lowest BCUT2D eigenvalue weighted by molar-refractivity contribution is -0.134. The van der Waals surface area contributed by atoms with Gasteiger partial charge < -0.3 is 9.80 Å². The number of nitrogens with zero attached hydrogens (tertiary/aromatic N) is 4. The third-order valence-corrected chi connectivity index (χ3v) is 5.31. The average molecular weight is 350 g/mol. The zero-order valence-electron chi connectivity index (χ0n) is 14.6. The molecule has 0 unspecified atom stereocenters. The van der Waals surface area contributed by atoms with Crippen LogP contribution in [0.25, 0.3) is 0 Å². The van der Waals surface area contributed by atoms with Crippen LogP contribution in [0.4, 0.5) is 0 Å². The zero-order valence-corrected chi connectivity index (χ0v) is 14.6. The lowest BCUT2D eigenvalue weighted by Crippen LogP contribution is -2.48. The summed E-state index contributed by atoms with van der Waals surface area (Å²) in [6.45, 7) is 2.05. The van der Waals surface area contributed by atoms with Crippen LogP contribution >= 0.6 is 0 Å². The number of carbonyl (C=O) groups is 2. The second kappa shape index (κ2) is 7.23. The van der Waals surface area contributed by atoms with Crippen molar-refractivity contribution in [1.82, 2.24) is 19.8 Å². The molecule has 2 aromatic rings. The summed E-state index contributed by atoms with van der Waals surface area (Å²) in [5.74, 6) is 0.479. The summed E-state index contributed by atoms with van der Waals surface area (Å²) in [4.78, 5) is 37.7. The van der Waals surface area contributed by atoms with Gasteiger partial charge in [-0.1, -0.05) is 6.07 Å². The van der Waals surface area contributed by atoms with Crippen LogP contribution in [0.5, 0.6) is 0 Å². The first-order chi connectivity index (χ1) is 12.7. The van der Waals surface area contributed by atoms with E-state index in [-0.39, 0.29) is 17.9 Å². The minimum absolute atomic E-state index is 0.0107. The molecule has 2 amide bonds. The summed E-state index contributed by atoms with van der Waals surface area (Å²) in [5.41, 5.74) is 1.54. The second-order valence-corrected chi connectivity index (χ2v) is 7.13. The van der Waals surface area contributed by atoms with E-state index in [1.165, 1.54) is 0 Å². The lowest BCUT2D eigenvalue weighted by Gasteiger charge is -2.36. The van der Waals surface area contributed by atoms with Crippen molar-refractivity contribution in [2.24, 2.45) is 5.92 Å². The van der Waals surface area contributed by atoms with E-state index in [1.807, 2.05) is 21.9 Å². The van der Waals surface area contributed by atoms with Crippen molar-refractivity contribution in [2.45, 2.75) is 25.3 Å². The van der Waals surface area contributed by atoms with Gasteiger partial charge in [0.2, 0.25) is 5.91 Å². The van der Waals surface area contributed by atoms with Crippen LogP contribution < -0.4 is 0 Å². The summed E-state index contributed by atoms with van der Waals surface area (Å²) < 4.78 is 0. The topological polar surface area (TPSA) is 66.4 Å². The number of rotatable bonds is 3. The minimum atomic E-state index is 0.0107. The molecular weight excluding hydrogens is 328 g/mol. The Labute approximate surface area is 152 Å². The third-order valence-electron chi connectivity index (χ3n) is 5.31. The molecule has 2 bridgehead atoms. The van der Waals surface area contributed by atoms with Crippen molar-refractivity contribution in [3.05, 3.63) is 60.2 Å². The average Bonchev–Trinajstić information content (AvgIpc) is 3.01. The molecule has 2 aromatic heterocycles. The molecule has 5 heterocycles. The number of carbonyl (C=O) groups excluding carboxylic acids is 2. The molecule has 3 aliphatic heterocycles. The van der Waals surface area contributed by atoms with Gasteiger partial charge >= 0.3 is 0 Å². The van der Waals surface area contributed by atoms with Crippen molar-refractivity contribution < 1.29 is 9.59 Å². The summed E-state index contributed by atoms with van der Waals surface area (Å²) >= 11 is 0. The highest BCUT2D eigenvalue weighted by molar-refractivity contribution is 5.94. The molecule has 26 heavy (non-hydrogen) atoms. The maximum Gasteiger partial charge on any atom is 0.255 e. The summed E-state index contributed by atoms with van der Waals surface area (Å²) in [5, 5.41) is 0. The Morgan fingerprint density at radius 1 is 1.00 bits per heavy atom. The Morgan fingerprint density at radius 3 is 2.54 bits per heavy atom. The summed E-state index contributed by atoms with van der Waals surface area (Å²) in [7, 11) is 0. The fraction of sp³-hybridized carbons (Fsp3) is 0.400. The number of hydrogen-bond donors (Lipinski definition) is 0. The monoisotopic (exact) mass is 350 g/mol. The van der Waals surface area contributed by atoms with Gasteiger partial charge in [-0.25, -0.2) is 0 Å². The van der Waals surface area contributed by atoms with E-state index in [1.54, 1.807) is 36.9 Å². The van der Waals surface area contributed by atoms with Crippen LogP contribution in [0.1, 0.15) is 28.8 Å². The fourth-order valence-electron chi connectivity index (χ4n) is 4.00. The van der Waals surface area contributed by atoms with Crippen molar-refractivity contribution >= 4 is 11.8 Å². The second-order valence-electron chi connectivity index (χ2n) is 7.13. The Kier molecular flexibility index (Phi) is 4.65. The molecular formula is C20H22N4O2. The molecule has 134 valence electrons. The highest BCUT2D eigenvalue weighted by Crippen LogP contribution is 2.29. The van der Waals surface area contributed by atoms with Crippen molar-refractivity contribution in [3.63, 3.8) is 0 Å². The Bertz CT molecular complexity index is 781. The van der Waals surface area contributed by atoms with Crippen molar-refractivity contribution in [1.29, 1.82) is 0 Å². The molecule has 6 nitrogen and oxygen atoms in total. The number of piperidine rings is 1. The Morgan fingerprint density at radius 2 is 1.81 bits per heavy atom. The molecule has 3 fully saturated rings. The Balaban J connectivity index is 1.48. The van der Waals surface area contributed by atoms with Gasteiger partial charge in [-0.05, 0) is 42.5 Å². The fourth-order valence-corrected chi connectivity index (χ4v) is 4.00. The molecule has 0 aliphatic carbocycles. The molecule has 5 rings (SSSR count). The van der Waals surface area contributed by atoms with Crippen LogP contribution in [0.2, 0.25) is 0 Å².